The first kappa shape index (κ1) is 18.7. The van der Waals surface area contributed by atoms with Gasteiger partial charge in [-0.25, -0.2) is 14.5 Å². The van der Waals surface area contributed by atoms with E-state index in [1.807, 2.05) is 0 Å². The molecule has 1 aromatic rings. The van der Waals surface area contributed by atoms with Gasteiger partial charge in [0.1, 0.15) is 0 Å². The number of fused-ring (bicyclic) bond motifs is 1. The van der Waals surface area contributed by atoms with Gasteiger partial charge in [0.2, 0.25) is 0 Å². The Balaban J connectivity index is 1.39. The molecule has 0 radical (unpaired) electrons. The van der Waals surface area contributed by atoms with E-state index in [1.54, 1.807) is 13.0 Å². The number of nitrogens with zero attached hydrogens (tertiary/aromatic N) is 1. The summed E-state index contributed by atoms with van der Waals surface area (Å²) in [6, 6.07) is 2.83. The first-order valence-electron chi connectivity index (χ1n) is 8.96. The van der Waals surface area contributed by atoms with Crippen LogP contribution in [0, 0.1) is 0 Å². The zero-order chi connectivity index (χ0) is 19.9. The van der Waals surface area contributed by atoms with E-state index in [0.29, 0.717) is 31.6 Å². The molecule has 9 nitrogen and oxygen atoms in total. The summed E-state index contributed by atoms with van der Waals surface area (Å²) in [7, 11) is 0. The largest absolute Gasteiger partial charge is 0.586 e. The van der Waals surface area contributed by atoms with Crippen LogP contribution < -0.4 is 25.4 Å². The van der Waals surface area contributed by atoms with E-state index in [2.05, 4.69) is 25.4 Å². The number of rotatable bonds is 4. The quantitative estimate of drug-likeness (QED) is 0.716. The Morgan fingerprint density at radius 1 is 1.14 bits per heavy atom. The second-order valence-electron chi connectivity index (χ2n) is 6.81. The zero-order valence-electron chi connectivity index (χ0n) is 15.0. The first-order chi connectivity index (χ1) is 13.3. The van der Waals surface area contributed by atoms with E-state index >= 15 is 0 Å². The van der Waals surface area contributed by atoms with Crippen molar-refractivity contribution in [1.82, 2.24) is 20.9 Å². The minimum absolute atomic E-state index is 0.0488. The van der Waals surface area contributed by atoms with Gasteiger partial charge in [-0.2, -0.15) is 0 Å². The maximum Gasteiger partial charge on any atom is 0.586 e. The minimum atomic E-state index is -3.68. The molecule has 3 N–H and O–H groups in total. The first-order valence-corrected chi connectivity index (χ1v) is 8.96. The molecule has 3 aliphatic heterocycles. The third kappa shape index (κ3) is 3.67. The van der Waals surface area contributed by atoms with Crippen molar-refractivity contribution in [3.8, 4) is 11.5 Å². The molecule has 3 aliphatic rings. The van der Waals surface area contributed by atoms with Gasteiger partial charge in [0, 0.05) is 25.3 Å². The molecule has 11 heteroatoms. The van der Waals surface area contributed by atoms with Crippen molar-refractivity contribution in [1.29, 1.82) is 0 Å². The predicted octanol–water partition coefficient (Wildman–Crippen LogP) is 1.86. The molecule has 2 fully saturated rings. The summed E-state index contributed by atoms with van der Waals surface area (Å²) in [5.74, 6) is -0.120. The van der Waals surface area contributed by atoms with Gasteiger partial charge >= 0.3 is 18.4 Å². The lowest BCUT2D eigenvalue weighted by atomic mass is 10.1. The number of benzene rings is 1. The Morgan fingerprint density at radius 3 is 2.46 bits per heavy atom. The smallest absolute Gasteiger partial charge is 0.395 e. The fourth-order valence-electron chi connectivity index (χ4n) is 3.45. The van der Waals surface area contributed by atoms with Gasteiger partial charge in [-0.05, 0) is 37.5 Å². The third-order valence-electron chi connectivity index (χ3n) is 4.87. The summed E-state index contributed by atoms with van der Waals surface area (Å²) < 4.78 is 40.4. The topological polar surface area (TPSA) is 101 Å². The van der Waals surface area contributed by atoms with Crippen LogP contribution in [0.4, 0.5) is 18.4 Å². The maximum absolute atomic E-state index is 13.2. The van der Waals surface area contributed by atoms with Crippen molar-refractivity contribution in [2.75, 3.05) is 13.2 Å². The normalized spacial score (nSPS) is 23.3. The molecule has 3 heterocycles. The fraction of sp³-hybridized carbons (Fsp3) is 0.529. The van der Waals surface area contributed by atoms with Gasteiger partial charge in [-0.3, -0.25) is 5.32 Å². The molecule has 2 saturated heterocycles. The number of amides is 4. The highest BCUT2D eigenvalue weighted by atomic mass is 19.3. The number of nitrogens with one attached hydrogen (secondary N) is 3. The van der Waals surface area contributed by atoms with Crippen LogP contribution in [0.5, 0.6) is 11.5 Å². The van der Waals surface area contributed by atoms with Crippen molar-refractivity contribution >= 4 is 12.1 Å². The molecule has 152 valence electrons. The van der Waals surface area contributed by atoms with E-state index < -0.39 is 24.6 Å². The number of imide groups is 1. The van der Waals surface area contributed by atoms with Crippen LogP contribution in [0.1, 0.15) is 31.4 Å². The fourth-order valence-corrected chi connectivity index (χ4v) is 3.45. The second-order valence-corrected chi connectivity index (χ2v) is 6.81. The van der Waals surface area contributed by atoms with E-state index in [9.17, 15) is 18.4 Å². The molecular weight excluding hydrogens is 378 g/mol. The zero-order valence-corrected chi connectivity index (χ0v) is 15.0. The number of urea groups is 2. The summed E-state index contributed by atoms with van der Waals surface area (Å²) in [5, 5.41) is 8.41. The number of alkyl halides is 2. The summed E-state index contributed by atoms with van der Waals surface area (Å²) in [6.45, 7) is 2.77. The predicted molar refractivity (Wildman–Crippen MR) is 90.7 cm³/mol. The molecular formula is C17H20F2N4O5. The minimum Gasteiger partial charge on any atom is -0.395 e. The van der Waals surface area contributed by atoms with E-state index in [4.69, 9.17) is 4.74 Å². The summed E-state index contributed by atoms with van der Waals surface area (Å²) in [6.07, 6.45) is -3.30. The van der Waals surface area contributed by atoms with Crippen LogP contribution in [0.15, 0.2) is 18.2 Å². The van der Waals surface area contributed by atoms with Crippen molar-refractivity contribution < 1.29 is 32.6 Å². The Bertz CT molecular complexity index is 769. The number of hydrogen-bond donors (Lipinski definition) is 3. The Labute approximate surface area is 159 Å². The monoisotopic (exact) mass is 398 g/mol. The van der Waals surface area contributed by atoms with Crippen molar-refractivity contribution in [2.24, 2.45) is 0 Å². The SMILES string of the molecule is CC(NC1NC(=O)N(C2CCOCC2)C(=O)N1)c1ccc2c(c1)OC(F)(F)O2. The van der Waals surface area contributed by atoms with Gasteiger partial charge in [-0.15, -0.1) is 8.78 Å². The maximum atomic E-state index is 13.2. The van der Waals surface area contributed by atoms with E-state index in [0.717, 1.165) is 0 Å². The van der Waals surface area contributed by atoms with Crippen LogP contribution >= 0.6 is 0 Å². The Kier molecular flexibility index (Phi) is 4.71. The lowest BCUT2D eigenvalue weighted by Gasteiger charge is -2.39. The van der Waals surface area contributed by atoms with Gasteiger partial charge in [-0.1, -0.05) is 6.07 Å². The van der Waals surface area contributed by atoms with Gasteiger partial charge in [0.15, 0.2) is 17.8 Å². The van der Waals surface area contributed by atoms with Crippen LogP contribution in [-0.4, -0.2) is 48.8 Å². The molecule has 1 unspecified atom stereocenters. The highest BCUT2D eigenvalue weighted by Gasteiger charge is 2.43. The Morgan fingerprint density at radius 2 is 1.79 bits per heavy atom. The average Bonchev–Trinajstić information content (AvgIpc) is 2.94. The highest BCUT2D eigenvalue weighted by molar-refractivity contribution is 5.96. The third-order valence-corrected chi connectivity index (χ3v) is 4.87. The van der Waals surface area contributed by atoms with Gasteiger partial charge < -0.3 is 24.8 Å². The molecule has 0 saturated carbocycles. The molecule has 4 amide bonds. The van der Waals surface area contributed by atoms with Gasteiger partial charge in [0.05, 0.1) is 0 Å². The average molecular weight is 398 g/mol. The number of carbonyl (C=O) groups is 2. The second kappa shape index (κ2) is 7.06. The number of ether oxygens (including phenoxy) is 3. The number of halogens is 2. The van der Waals surface area contributed by atoms with Crippen LogP contribution in [0.2, 0.25) is 0 Å². The van der Waals surface area contributed by atoms with Crippen LogP contribution in [0.25, 0.3) is 0 Å². The molecule has 0 spiro atoms. The lowest BCUT2D eigenvalue weighted by Crippen LogP contribution is -2.70. The Hall–Kier alpha value is -2.66. The number of hydrogen-bond acceptors (Lipinski definition) is 6. The molecule has 0 aliphatic carbocycles. The molecule has 0 bridgehead atoms. The molecule has 28 heavy (non-hydrogen) atoms. The van der Waals surface area contributed by atoms with E-state index in [1.165, 1.54) is 17.0 Å². The standard InChI is InChI=1S/C17H20F2N4O5/c1-9(10-2-3-12-13(8-10)28-17(18,19)27-12)20-14-21-15(24)23(16(25)22-14)11-4-6-26-7-5-11/h2-3,8-9,11,14,20H,4-7H2,1H3,(H,21,24)(H,22,25). The summed E-state index contributed by atoms with van der Waals surface area (Å²) in [4.78, 5) is 26.0. The summed E-state index contributed by atoms with van der Waals surface area (Å²) in [5.41, 5.74) is 0.621. The van der Waals surface area contributed by atoms with Crippen molar-refractivity contribution in [2.45, 2.75) is 44.4 Å². The van der Waals surface area contributed by atoms with Crippen LogP contribution in [0.3, 0.4) is 0 Å². The van der Waals surface area contributed by atoms with Crippen molar-refractivity contribution in [3.05, 3.63) is 23.8 Å². The molecule has 4 rings (SSSR count). The molecule has 1 atom stereocenters. The van der Waals surface area contributed by atoms with Crippen LogP contribution in [-0.2, 0) is 4.74 Å². The summed E-state index contributed by atoms with van der Waals surface area (Å²) >= 11 is 0. The number of carbonyl (C=O) groups excluding carboxylic acids is 2. The molecule has 0 aromatic heterocycles. The molecule has 1 aromatic carbocycles. The van der Waals surface area contributed by atoms with Crippen molar-refractivity contribution in [3.63, 3.8) is 0 Å². The van der Waals surface area contributed by atoms with E-state index in [-0.39, 0.29) is 23.6 Å². The highest BCUT2D eigenvalue weighted by Crippen LogP contribution is 2.42. The lowest BCUT2D eigenvalue weighted by molar-refractivity contribution is -0.286. The van der Waals surface area contributed by atoms with Gasteiger partial charge in [0.25, 0.3) is 0 Å².